The van der Waals surface area contributed by atoms with Crippen molar-refractivity contribution in [3.63, 3.8) is 0 Å². The fourth-order valence-corrected chi connectivity index (χ4v) is 2.46. The van der Waals surface area contributed by atoms with Crippen LogP contribution in [0.25, 0.3) is 0 Å². The second kappa shape index (κ2) is 5.51. The van der Waals surface area contributed by atoms with E-state index in [1.165, 1.54) is 25.9 Å². The lowest BCUT2D eigenvalue weighted by molar-refractivity contribution is 0.177. The number of hydrogen-bond acceptors (Lipinski definition) is 3. The molecule has 0 aromatic carbocycles. The molecular weight excluding hydrogens is 200 g/mol. The lowest BCUT2D eigenvalue weighted by Gasteiger charge is -2.33. The van der Waals surface area contributed by atoms with Gasteiger partial charge in [-0.05, 0) is 51.4 Å². The van der Waals surface area contributed by atoms with E-state index in [4.69, 9.17) is 4.42 Å². The van der Waals surface area contributed by atoms with Gasteiger partial charge in [0.1, 0.15) is 5.76 Å². The fourth-order valence-electron chi connectivity index (χ4n) is 2.46. The maximum atomic E-state index is 5.32. The molecule has 0 bridgehead atoms. The zero-order valence-corrected chi connectivity index (χ0v) is 10.3. The maximum Gasteiger partial charge on any atom is 0.117 e. The van der Waals surface area contributed by atoms with E-state index in [-0.39, 0.29) is 0 Å². The highest BCUT2D eigenvalue weighted by atomic mass is 16.3. The first-order chi connectivity index (χ1) is 7.75. The lowest BCUT2D eigenvalue weighted by Crippen LogP contribution is -2.42. The molecule has 2 rings (SSSR count). The highest BCUT2D eigenvalue weighted by Crippen LogP contribution is 2.18. The van der Waals surface area contributed by atoms with E-state index in [1.807, 2.05) is 12.1 Å². The molecule has 2 unspecified atom stereocenters. The van der Waals surface area contributed by atoms with Crippen LogP contribution in [-0.4, -0.2) is 31.1 Å². The van der Waals surface area contributed by atoms with E-state index in [0.29, 0.717) is 6.04 Å². The minimum atomic E-state index is 0.563. The Labute approximate surface area is 97.8 Å². The molecule has 0 amide bonds. The topological polar surface area (TPSA) is 28.4 Å². The highest BCUT2D eigenvalue weighted by Gasteiger charge is 2.22. The summed E-state index contributed by atoms with van der Waals surface area (Å²) in [4.78, 5) is 2.43. The summed E-state index contributed by atoms with van der Waals surface area (Å²) in [6, 6.07) is 4.52. The summed E-state index contributed by atoms with van der Waals surface area (Å²) >= 11 is 0. The molecule has 3 nitrogen and oxygen atoms in total. The average Bonchev–Trinajstić information content (AvgIpc) is 2.78. The van der Waals surface area contributed by atoms with E-state index in [1.54, 1.807) is 6.26 Å². The molecule has 0 radical (unpaired) electrons. The number of likely N-dealkylation sites (tertiary alicyclic amines) is 1. The van der Waals surface area contributed by atoms with Gasteiger partial charge in [-0.15, -0.1) is 0 Å². The van der Waals surface area contributed by atoms with Crippen LogP contribution in [0.15, 0.2) is 22.8 Å². The third kappa shape index (κ3) is 3.09. The molecule has 3 heteroatoms. The average molecular weight is 222 g/mol. The Hall–Kier alpha value is -0.800. The molecule has 0 aliphatic carbocycles. The standard InChI is InChI=1S/C13H22N2O/c1-11(12-5-3-7-15(2)10-12)14-9-13-6-4-8-16-13/h4,6,8,11-12,14H,3,5,7,9-10H2,1-2H3. The van der Waals surface area contributed by atoms with Crippen molar-refractivity contribution in [1.82, 2.24) is 10.2 Å². The Morgan fingerprint density at radius 3 is 3.19 bits per heavy atom. The van der Waals surface area contributed by atoms with Crippen molar-refractivity contribution in [1.29, 1.82) is 0 Å². The van der Waals surface area contributed by atoms with Crippen molar-refractivity contribution in [2.45, 2.75) is 32.4 Å². The zero-order valence-electron chi connectivity index (χ0n) is 10.3. The van der Waals surface area contributed by atoms with Crippen molar-refractivity contribution < 1.29 is 4.42 Å². The van der Waals surface area contributed by atoms with Crippen molar-refractivity contribution in [3.8, 4) is 0 Å². The van der Waals surface area contributed by atoms with Crippen LogP contribution >= 0.6 is 0 Å². The molecular formula is C13H22N2O. The first kappa shape index (κ1) is 11.7. The molecule has 1 fully saturated rings. The van der Waals surface area contributed by atoms with Gasteiger partial charge in [0.15, 0.2) is 0 Å². The number of furan rings is 1. The Bertz CT molecular complexity index is 297. The van der Waals surface area contributed by atoms with Crippen molar-refractivity contribution in [2.24, 2.45) is 5.92 Å². The van der Waals surface area contributed by atoms with Gasteiger partial charge in [0.05, 0.1) is 12.8 Å². The maximum absolute atomic E-state index is 5.32. The molecule has 1 saturated heterocycles. The Kier molecular flexibility index (Phi) is 4.02. The molecule has 2 heterocycles. The molecule has 1 aromatic rings. The lowest BCUT2D eigenvalue weighted by atomic mass is 9.92. The first-order valence-corrected chi connectivity index (χ1v) is 6.20. The van der Waals surface area contributed by atoms with Gasteiger partial charge in [-0.2, -0.15) is 0 Å². The van der Waals surface area contributed by atoms with Crippen LogP contribution in [0.4, 0.5) is 0 Å². The summed E-state index contributed by atoms with van der Waals surface area (Å²) in [5.74, 6) is 1.80. The van der Waals surface area contributed by atoms with Crippen LogP contribution in [0, 0.1) is 5.92 Å². The van der Waals surface area contributed by atoms with Gasteiger partial charge in [-0.3, -0.25) is 0 Å². The van der Waals surface area contributed by atoms with Gasteiger partial charge >= 0.3 is 0 Å². The minimum Gasteiger partial charge on any atom is -0.468 e. The number of hydrogen-bond donors (Lipinski definition) is 1. The van der Waals surface area contributed by atoms with Crippen molar-refractivity contribution in [2.75, 3.05) is 20.1 Å². The van der Waals surface area contributed by atoms with Gasteiger partial charge < -0.3 is 14.6 Å². The first-order valence-electron chi connectivity index (χ1n) is 6.20. The molecule has 16 heavy (non-hydrogen) atoms. The van der Waals surface area contributed by atoms with Gasteiger partial charge in [0, 0.05) is 12.6 Å². The monoisotopic (exact) mass is 222 g/mol. The number of nitrogens with zero attached hydrogens (tertiary/aromatic N) is 1. The smallest absolute Gasteiger partial charge is 0.117 e. The third-order valence-corrected chi connectivity index (χ3v) is 3.55. The summed E-state index contributed by atoms with van der Waals surface area (Å²) in [5.41, 5.74) is 0. The van der Waals surface area contributed by atoms with Crippen LogP contribution in [0.5, 0.6) is 0 Å². The van der Waals surface area contributed by atoms with Crippen molar-refractivity contribution in [3.05, 3.63) is 24.2 Å². The third-order valence-electron chi connectivity index (χ3n) is 3.55. The molecule has 90 valence electrons. The molecule has 1 aliphatic heterocycles. The fraction of sp³-hybridized carbons (Fsp3) is 0.692. The van der Waals surface area contributed by atoms with Crippen LogP contribution in [-0.2, 0) is 6.54 Å². The molecule has 1 N–H and O–H groups in total. The minimum absolute atomic E-state index is 0.563. The van der Waals surface area contributed by atoms with E-state index in [9.17, 15) is 0 Å². The number of rotatable bonds is 4. The largest absolute Gasteiger partial charge is 0.468 e. The van der Waals surface area contributed by atoms with Crippen LogP contribution in [0.3, 0.4) is 0 Å². The van der Waals surface area contributed by atoms with E-state index in [2.05, 4.69) is 24.2 Å². The summed E-state index contributed by atoms with van der Waals surface area (Å²) in [5, 5.41) is 3.55. The van der Waals surface area contributed by atoms with Gasteiger partial charge in [0.2, 0.25) is 0 Å². The molecule has 2 atom stereocenters. The highest BCUT2D eigenvalue weighted by molar-refractivity contribution is 4.98. The Morgan fingerprint density at radius 1 is 1.62 bits per heavy atom. The van der Waals surface area contributed by atoms with E-state index in [0.717, 1.165) is 18.2 Å². The summed E-state index contributed by atoms with van der Waals surface area (Å²) in [6.45, 7) is 5.59. The normalized spacial score (nSPS) is 24.5. The van der Waals surface area contributed by atoms with Crippen LogP contribution in [0.1, 0.15) is 25.5 Å². The quantitative estimate of drug-likeness (QED) is 0.845. The van der Waals surface area contributed by atoms with Gasteiger partial charge in [-0.1, -0.05) is 0 Å². The summed E-state index contributed by atoms with van der Waals surface area (Å²) in [6.07, 6.45) is 4.40. The number of nitrogens with one attached hydrogen (secondary N) is 1. The van der Waals surface area contributed by atoms with Crippen LogP contribution < -0.4 is 5.32 Å². The van der Waals surface area contributed by atoms with Crippen LogP contribution in [0.2, 0.25) is 0 Å². The Morgan fingerprint density at radius 2 is 2.50 bits per heavy atom. The van der Waals surface area contributed by atoms with E-state index < -0.39 is 0 Å². The van der Waals surface area contributed by atoms with Crippen molar-refractivity contribution >= 4 is 0 Å². The summed E-state index contributed by atoms with van der Waals surface area (Å²) in [7, 11) is 2.21. The Balaban J connectivity index is 1.76. The number of piperidine rings is 1. The molecule has 1 aromatic heterocycles. The molecule has 1 aliphatic rings. The zero-order chi connectivity index (χ0) is 11.4. The molecule has 0 saturated carbocycles. The summed E-state index contributed by atoms with van der Waals surface area (Å²) < 4.78 is 5.32. The SMILES string of the molecule is CC(NCc1ccco1)C1CCCN(C)C1. The van der Waals surface area contributed by atoms with Gasteiger partial charge in [0.25, 0.3) is 0 Å². The van der Waals surface area contributed by atoms with Gasteiger partial charge in [-0.25, -0.2) is 0 Å². The second-order valence-electron chi connectivity index (χ2n) is 4.91. The van der Waals surface area contributed by atoms with E-state index >= 15 is 0 Å². The molecule has 0 spiro atoms. The predicted molar refractivity (Wildman–Crippen MR) is 65.2 cm³/mol. The predicted octanol–water partition coefficient (Wildman–Crippen LogP) is 2.10. The second-order valence-corrected chi connectivity index (χ2v) is 4.91.